The van der Waals surface area contributed by atoms with Gasteiger partial charge >= 0.3 is 0 Å². The van der Waals surface area contributed by atoms with Crippen LogP contribution in [0, 0.1) is 11.3 Å². The summed E-state index contributed by atoms with van der Waals surface area (Å²) in [7, 11) is 2.74. The fraction of sp³-hybridized carbons (Fsp3) is 0.857. The fourth-order valence-electron chi connectivity index (χ4n) is 0.306. The first-order valence-corrected chi connectivity index (χ1v) is 3.83. The van der Waals surface area contributed by atoms with Crippen molar-refractivity contribution >= 4 is 9.24 Å². The first kappa shape index (κ1) is 12.9. The molecule has 9 heavy (non-hydrogen) atoms. The molecule has 1 atom stereocenters. The molecule has 0 N–H and O–H groups in total. The first-order chi connectivity index (χ1) is 3.48. The van der Waals surface area contributed by atoms with Crippen LogP contribution in [0.25, 0.3) is 0 Å². The van der Waals surface area contributed by atoms with Gasteiger partial charge in [-0.2, -0.15) is 27.7 Å². The SMILES string of the molecule is C[C-](CP)C(C)(C)C.[Hf]. The Morgan fingerprint density at radius 1 is 1.33 bits per heavy atom. The summed E-state index contributed by atoms with van der Waals surface area (Å²) >= 11 is 0. The Balaban J connectivity index is 0. The van der Waals surface area contributed by atoms with Gasteiger partial charge in [0, 0.05) is 25.8 Å². The second-order valence-electron chi connectivity index (χ2n) is 3.23. The molecule has 0 aromatic carbocycles. The minimum atomic E-state index is 0. The van der Waals surface area contributed by atoms with E-state index in [1.165, 1.54) is 0 Å². The Morgan fingerprint density at radius 3 is 1.67 bits per heavy atom. The average molecular weight is 310 g/mol. The standard InChI is InChI=1S/C7H16P.Hf/c1-6(5-8)7(2,3)4;/h5,8H2,1-4H3;/q-1;. The molecule has 0 amide bonds. The maximum absolute atomic E-state index is 2.74. The van der Waals surface area contributed by atoms with Gasteiger partial charge in [-0.25, -0.2) is 0 Å². The second kappa shape index (κ2) is 5.02. The van der Waals surface area contributed by atoms with Crippen LogP contribution in [0.2, 0.25) is 0 Å². The summed E-state index contributed by atoms with van der Waals surface area (Å²) < 4.78 is 0. The van der Waals surface area contributed by atoms with Gasteiger partial charge in [-0.3, -0.25) is 0 Å². The average Bonchev–Trinajstić information content (AvgIpc) is 1.62. The van der Waals surface area contributed by atoms with E-state index in [0.29, 0.717) is 5.41 Å². The second-order valence-corrected chi connectivity index (χ2v) is 3.64. The Morgan fingerprint density at radius 2 is 1.67 bits per heavy atom. The van der Waals surface area contributed by atoms with Crippen molar-refractivity contribution in [1.82, 2.24) is 0 Å². The Labute approximate surface area is 80.2 Å². The third kappa shape index (κ3) is 5.73. The van der Waals surface area contributed by atoms with E-state index in [2.05, 4.69) is 36.9 Å². The predicted octanol–water partition coefficient (Wildman–Crippen LogP) is 2.50. The fourth-order valence-corrected chi connectivity index (χ4v) is 0.919. The maximum atomic E-state index is 2.74. The van der Waals surface area contributed by atoms with Crippen LogP contribution in [0.1, 0.15) is 27.7 Å². The summed E-state index contributed by atoms with van der Waals surface area (Å²) in [5, 5.41) is 0. The molecule has 0 aromatic heterocycles. The van der Waals surface area contributed by atoms with Crippen LogP contribution < -0.4 is 0 Å². The monoisotopic (exact) mass is 311 g/mol. The summed E-state index contributed by atoms with van der Waals surface area (Å²) in [5.74, 6) is 1.54. The molecule has 0 heterocycles. The number of hydrogen-bond donors (Lipinski definition) is 0. The third-order valence-corrected chi connectivity index (χ3v) is 2.20. The summed E-state index contributed by atoms with van der Waals surface area (Å²) in [6.07, 6.45) is 1.13. The maximum Gasteiger partial charge on any atom is 0 e. The molecule has 0 bridgehead atoms. The molecule has 0 saturated heterocycles. The normalized spacial score (nSPS) is 11.3. The van der Waals surface area contributed by atoms with Gasteiger partial charge < -0.3 is 5.92 Å². The van der Waals surface area contributed by atoms with E-state index in [1.807, 2.05) is 0 Å². The zero-order valence-corrected chi connectivity index (χ0v) is 11.5. The van der Waals surface area contributed by atoms with Crippen LogP contribution in [-0.4, -0.2) is 6.16 Å². The zero-order valence-electron chi connectivity index (χ0n) is 6.78. The van der Waals surface area contributed by atoms with E-state index in [9.17, 15) is 0 Å². The molecule has 0 aliphatic heterocycles. The summed E-state index contributed by atoms with van der Waals surface area (Å²) in [6.45, 7) is 8.93. The van der Waals surface area contributed by atoms with Gasteiger partial charge in [0.1, 0.15) is 0 Å². The van der Waals surface area contributed by atoms with E-state index in [0.717, 1.165) is 6.16 Å². The van der Waals surface area contributed by atoms with Crippen LogP contribution in [0.3, 0.4) is 0 Å². The van der Waals surface area contributed by atoms with Gasteiger partial charge in [0.25, 0.3) is 0 Å². The van der Waals surface area contributed by atoms with Gasteiger partial charge in [0.05, 0.1) is 0 Å². The van der Waals surface area contributed by atoms with Gasteiger partial charge in [-0.05, 0) is 0 Å². The molecule has 0 saturated carbocycles. The van der Waals surface area contributed by atoms with E-state index in [1.54, 1.807) is 5.92 Å². The van der Waals surface area contributed by atoms with Crippen molar-refractivity contribution in [1.29, 1.82) is 0 Å². The number of hydrogen-bond acceptors (Lipinski definition) is 0. The van der Waals surface area contributed by atoms with Crippen molar-refractivity contribution in [2.75, 3.05) is 6.16 Å². The van der Waals surface area contributed by atoms with Gasteiger partial charge in [0.15, 0.2) is 0 Å². The quantitative estimate of drug-likeness (QED) is 0.397. The molecule has 0 spiro atoms. The van der Waals surface area contributed by atoms with Crippen LogP contribution in [0.4, 0.5) is 0 Å². The molecule has 0 radical (unpaired) electrons. The van der Waals surface area contributed by atoms with Crippen LogP contribution in [0.15, 0.2) is 0 Å². The Hall–Kier alpha value is 1.30. The van der Waals surface area contributed by atoms with E-state index in [-0.39, 0.29) is 25.8 Å². The molecule has 0 aromatic rings. The third-order valence-electron chi connectivity index (χ3n) is 1.59. The Kier molecular flexibility index (Phi) is 7.21. The van der Waals surface area contributed by atoms with Crippen molar-refractivity contribution in [2.45, 2.75) is 27.7 Å². The van der Waals surface area contributed by atoms with Crippen molar-refractivity contribution in [3.63, 3.8) is 0 Å². The topological polar surface area (TPSA) is 0 Å². The molecular weight excluding hydrogens is 294 g/mol. The molecule has 0 fully saturated rings. The van der Waals surface area contributed by atoms with Crippen molar-refractivity contribution in [3.8, 4) is 0 Å². The largest absolute Gasteiger partial charge is 0.308 e. The van der Waals surface area contributed by atoms with Crippen LogP contribution >= 0.6 is 9.24 Å². The summed E-state index contributed by atoms with van der Waals surface area (Å²) in [6, 6.07) is 0. The van der Waals surface area contributed by atoms with Gasteiger partial charge in [0.2, 0.25) is 0 Å². The smallest absolute Gasteiger partial charge is 0 e. The van der Waals surface area contributed by atoms with Crippen molar-refractivity contribution < 1.29 is 25.8 Å². The predicted molar refractivity (Wildman–Crippen MR) is 42.9 cm³/mol. The van der Waals surface area contributed by atoms with Crippen molar-refractivity contribution in [3.05, 3.63) is 5.92 Å². The zero-order chi connectivity index (χ0) is 6.78. The molecule has 0 aliphatic carbocycles. The van der Waals surface area contributed by atoms with Crippen molar-refractivity contribution in [2.24, 2.45) is 5.41 Å². The molecule has 1 unspecified atom stereocenters. The molecular formula is C7H16HfP-. The minimum Gasteiger partial charge on any atom is -0.308 e. The summed E-state index contributed by atoms with van der Waals surface area (Å²) in [5.41, 5.74) is 0.405. The molecule has 54 valence electrons. The van der Waals surface area contributed by atoms with E-state index < -0.39 is 0 Å². The molecule has 0 nitrogen and oxygen atoms in total. The van der Waals surface area contributed by atoms with Gasteiger partial charge in [-0.15, -0.1) is 0 Å². The molecule has 0 rings (SSSR count). The number of rotatable bonds is 1. The Bertz CT molecular complexity index is 65.8. The molecule has 2 heteroatoms. The summed E-state index contributed by atoms with van der Waals surface area (Å²) in [4.78, 5) is 0. The minimum absolute atomic E-state index is 0. The van der Waals surface area contributed by atoms with E-state index in [4.69, 9.17) is 0 Å². The molecule has 0 aliphatic rings. The van der Waals surface area contributed by atoms with Crippen LogP contribution in [-0.2, 0) is 25.8 Å². The van der Waals surface area contributed by atoms with Crippen LogP contribution in [0.5, 0.6) is 0 Å². The first-order valence-electron chi connectivity index (χ1n) is 3.01. The van der Waals surface area contributed by atoms with Gasteiger partial charge in [-0.1, -0.05) is 20.8 Å². The van der Waals surface area contributed by atoms with E-state index >= 15 is 0 Å².